The smallest absolute Gasteiger partial charge is 0.260 e. The van der Waals surface area contributed by atoms with Crippen LogP contribution in [0.4, 0.5) is 5.69 Å². The minimum atomic E-state index is -3.66. The molecule has 2 saturated heterocycles. The Labute approximate surface area is 263 Å². The largest absolute Gasteiger partial charge is 0.369 e. The van der Waals surface area contributed by atoms with Crippen molar-refractivity contribution in [3.05, 3.63) is 88.4 Å². The van der Waals surface area contributed by atoms with Crippen LogP contribution in [-0.2, 0) is 22.8 Å². The third-order valence-electron chi connectivity index (χ3n) is 9.57. The Balaban J connectivity index is 1.22. The molecule has 0 amide bonds. The quantitative estimate of drug-likeness (QED) is 0.271. The molecule has 2 aliphatic heterocycles. The second-order valence-corrected chi connectivity index (χ2v) is 15.4. The van der Waals surface area contributed by atoms with E-state index < -0.39 is 15.1 Å². The third kappa shape index (κ3) is 5.79. The monoisotopic (exact) mass is 625 g/mol. The summed E-state index contributed by atoms with van der Waals surface area (Å²) in [6.07, 6.45) is 9.53. The van der Waals surface area contributed by atoms with Crippen LogP contribution in [0.25, 0.3) is 16.6 Å². The van der Waals surface area contributed by atoms with E-state index in [9.17, 15) is 13.2 Å². The number of fused-ring (bicyclic) bond motifs is 2. The lowest BCUT2D eigenvalue weighted by Crippen LogP contribution is -2.50. The van der Waals surface area contributed by atoms with Crippen molar-refractivity contribution in [3.63, 3.8) is 0 Å². The molecular weight excluding hydrogens is 586 g/mol. The summed E-state index contributed by atoms with van der Waals surface area (Å²) in [6.45, 7) is 11.9. The number of pyridine rings is 1. The van der Waals surface area contributed by atoms with Gasteiger partial charge in [-0.3, -0.25) is 14.3 Å². The van der Waals surface area contributed by atoms with Crippen LogP contribution in [0.1, 0.15) is 62.0 Å². The molecule has 7 rings (SSSR count). The van der Waals surface area contributed by atoms with Crippen LogP contribution in [0.5, 0.6) is 0 Å². The lowest BCUT2D eigenvalue weighted by Gasteiger charge is -2.38. The molecule has 234 valence electrons. The van der Waals surface area contributed by atoms with Crippen LogP contribution in [0.15, 0.2) is 65.2 Å². The topological polar surface area (TPSA) is 114 Å². The second-order valence-electron chi connectivity index (χ2n) is 12.9. The summed E-state index contributed by atoms with van der Waals surface area (Å²) in [6, 6.07) is 11.1. The fourth-order valence-electron chi connectivity index (χ4n) is 6.68. The summed E-state index contributed by atoms with van der Waals surface area (Å²) in [4.78, 5) is 28.8. The number of hydrogen-bond acceptors (Lipinski definition) is 9. The standard InChI is InChI=1S/C34H39N7O3S/c1-22(2)45(43,44)31-19-37-36-18-27(31)20-41-33-26(16-30(34(41)42)23(3)25-8-9-25)17-35-32(38-33)15-24-6-10-28(11-7-24)40-14-13-39-12-4-5-29(39)21-40/h6-7,10-11,16-19,22,25,29H,3-5,8-9,12-15,20-21H2,1-2H3. The molecule has 0 N–H and O–H groups in total. The summed E-state index contributed by atoms with van der Waals surface area (Å²) in [7, 11) is -3.66. The zero-order chi connectivity index (χ0) is 31.3. The van der Waals surface area contributed by atoms with Crippen LogP contribution in [0, 0.1) is 5.92 Å². The first-order valence-electron chi connectivity index (χ1n) is 15.9. The Hall–Kier alpha value is -3.96. The van der Waals surface area contributed by atoms with Gasteiger partial charge in [-0.05, 0) is 81.3 Å². The minimum Gasteiger partial charge on any atom is -0.369 e. The highest BCUT2D eigenvalue weighted by atomic mass is 32.2. The SMILES string of the molecule is C=C(c1cc2cnc(Cc3ccc(N4CCN5CCCC5C4)cc3)nc2n(Cc2cnncc2S(=O)(=O)C(C)C)c1=O)C1CC1. The van der Waals surface area contributed by atoms with Gasteiger partial charge in [0.25, 0.3) is 5.56 Å². The number of hydrogen-bond donors (Lipinski definition) is 0. The van der Waals surface area contributed by atoms with Gasteiger partial charge in [0.15, 0.2) is 9.84 Å². The number of anilines is 1. The maximum Gasteiger partial charge on any atom is 0.260 e. The highest BCUT2D eigenvalue weighted by Gasteiger charge is 2.31. The van der Waals surface area contributed by atoms with E-state index in [0.717, 1.165) is 43.6 Å². The Bertz CT molecular complexity index is 1930. The van der Waals surface area contributed by atoms with E-state index in [1.807, 2.05) is 6.07 Å². The number of nitrogens with zero attached hydrogens (tertiary/aromatic N) is 7. The third-order valence-corrected chi connectivity index (χ3v) is 11.8. The van der Waals surface area contributed by atoms with Gasteiger partial charge >= 0.3 is 0 Å². The Morgan fingerprint density at radius 3 is 2.56 bits per heavy atom. The number of rotatable bonds is 9. The van der Waals surface area contributed by atoms with Crippen molar-refractivity contribution >= 4 is 32.1 Å². The molecule has 10 nitrogen and oxygen atoms in total. The zero-order valence-electron chi connectivity index (χ0n) is 25.9. The van der Waals surface area contributed by atoms with Gasteiger partial charge in [0.2, 0.25) is 0 Å². The van der Waals surface area contributed by atoms with Crippen LogP contribution in [0.3, 0.4) is 0 Å². The molecule has 0 bridgehead atoms. The molecule has 45 heavy (non-hydrogen) atoms. The summed E-state index contributed by atoms with van der Waals surface area (Å²) in [5, 5.41) is 7.86. The van der Waals surface area contributed by atoms with Crippen molar-refractivity contribution in [3.8, 4) is 0 Å². The molecule has 3 fully saturated rings. The summed E-state index contributed by atoms with van der Waals surface area (Å²) in [5.74, 6) is 0.868. The fraction of sp³-hybridized carbons (Fsp3) is 0.441. The van der Waals surface area contributed by atoms with E-state index in [4.69, 9.17) is 4.98 Å². The molecule has 4 aromatic rings. The normalized spacial score (nSPS) is 18.9. The highest BCUT2D eigenvalue weighted by molar-refractivity contribution is 7.92. The first-order chi connectivity index (χ1) is 21.7. The van der Waals surface area contributed by atoms with Crippen LogP contribution in [-0.4, -0.2) is 75.5 Å². The van der Waals surface area contributed by atoms with E-state index >= 15 is 0 Å². The highest BCUT2D eigenvalue weighted by Crippen LogP contribution is 2.40. The minimum absolute atomic E-state index is 0.0165. The van der Waals surface area contributed by atoms with Crippen molar-refractivity contribution in [1.82, 2.24) is 29.6 Å². The molecule has 0 spiro atoms. The van der Waals surface area contributed by atoms with Crippen molar-refractivity contribution < 1.29 is 8.42 Å². The molecule has 0 radical (unpaired) electrons. The van der Waals surface area contributed by atoms with E-state index in [1.54, 1.807) is 24.6 Å². The lowest BCUT2D eigenvalue weighted by atomic mass is 10.0. The predicted octanol–water partition coefficient (Wildman–Crippen LogP) is 4.11. The van der Waals surface area contributed by atoms with E-state index in [2.05, 4.69) is 55.8 Å². The molecule has 1 aliphatic carbocycles. The van der Waals surface area contributed by atoms with Gasteiger partial charge in [-0.1, -0.05) is 18.7 Å². The average Bonchev–Trinajstić information content (AvgIpc) is 3.79. The Morgan fingerprint density at radius 1 is 1.02 bits per heavy atom. The van der Waals surface area contributed by atoms with Gasteiger partial charge in [-0.2, -0.15) is 10.2 Å². The Morgan fingerprint density at radius 2 is 1.80 bits per heavy atom. The van der Waals surface area contributed by atoms with Crippen LogP contribution >= 0.6 is 0 Å². The maximum absolute atomic E-state index is 14.0. The molecule has 11 heteroatoms. The van der Waals surface area contributed by atoms with Gasteiger partial charge in [-0.25, -0.2) is 18.4 Å². The van der Waals surface area contributed by atoms with Crippen molar-refractivity contribution in [2.24, 2.45) is 5.92 Å². The molecule has 1 atom stereocenters. The van der Waals surface area contributed by atoms with Crippen LogP contribution < -0.4 is 10.5 Å². The van der Waals surface area contributed by atoms with Crippen molar-refractivity contribution in [1.29, 1.82) is 0 Å². The molecule has 1 unspecified atom stereocenters. The zero-order valence-corrected chi connectivity index (χ0v) is 26.7. The molecule has 5 heterocycles. The number of aromatic nitrogens is 5. The molecule has 1 saturated carbocycles. The second kappa shape index (κ2) is 11.8. The molecular formula is C34H39N7O3S. The van der Waals surface area contributed by atoms with Crippen LogP contribution in [0.2, 0.25) is 0 Å². The number of sulfone groups is 1. The van der Waals surface area contributed by atoms with Crippen molar-refractivity contribution in [2.45, 2.75) is 68.7 Å². The maximum atomic E-state index is 14.0. The fourth-order valence-corrected chi connectivity index (χ4v) is 7.86. The average molecular weight is 626 g/mol. The predicted molar refractivity (Wildman–Crippen MR) is 175 cm³/mol. The van der Waals surface area contributed by atoms with E-state index in [-0.39, 0.29) is 22.9 Å². The first kappa shape index (κ1) is 29.7. The molecule has 3 aliphatic rings. The van der Waals surface area contributed by atoms with E-state index in [0.29, 0.717) is 40.4 Å². The van der Waals surface area contributed by atoms with Crippen molar-refractivity contribution in [2.75, 3.05) is 31.1 Å². The molecule has 1 aromatic carbocycles. The molecule has 3 aromatic heterocycles. The number of benzene rings is 1. The summed E-state index contributed by atoms with van der Waals surface area (Å²) < 4.78 is 27.9. The summed E-state index contributed by atoms with van der Waals surface area (Å²) >= 11 is 0. The van der Waals surface area contributed by atoms with Gasteiger partial charge in [0.1, 0.15) is 11.5 Å². The van der Waals surface area contributed by atoms with Gasteiger partial charge in [-0.15, -0.1) is 0 Å². The number of piperazine rings is 1. The van der Waals surface area contributed by atoms with Gasteiger partial charge in [0, 0.05) is 60.5 Å². The van der Waals surface area contributed by atoms with Gasteiger partial charge in [0.05, 0.1) is 29.1 Å². The first-order valence-corrected chi connectivity index (χ1v) is 17.4. The van der Waals surface area contributed by atoms with E-state index in [1.165, 1.54) is 37.5 Å². The Kier molecular flexibility index (Phi) is 7.77. The number of allylic oxidation sites excluding steroid dienone is 1. The summed E-state index contributed by atoms with van der Waals surface area (Å²) in [5.41, 5.74) is 4.23. The lowest BCUT2D eigenvalue weighted by molar-refractivity contribution is 0.231. The van der Waals surface area contributed by atoms with Gasteiger partial charge < -0.3 is 4.90 Å².